The van der Waals surface area contributed by atoms with Crippen LogP contribution in [0.25, 0.3) is 0 Å². The highest BCUT2D eigenvalue weighted by Crippen LogP contribution is 2.16. The molecule has 64 valence electrons. The van der Waals surface area contributed by atoms with Gasteiger partial charge in [0.05, 0.1) is 6.10 Å². The van der Waals surface area contributed by atoms with E-state index in [-0.39, 0.29) is 6.10 Å². The van der Waals surface area contributed by atoms with Crippen LogP contribution in [0.15, 0.2) is 0 Å². The van der Waals surface area contributed by atoms with E-state index >= 15 is 0 Å². The zero-order chi connectivity index (χ0) is 8.41. The zero-order valence-corrected chi connectivity index (χ0v) is 7.43. The summed E-state index contributed by atoms with van der Waals surface area (Å²) in [4.78, 5) is 0. The van der Waals surface area contributed by atoms with Crippen LogP contribution in [0.4, 0.5) is 0 Å². The van der Waals surface area contributed by atoms with E-state index in [4.69, 9.17) is 5.11 Å². The number of nitrogens with two attached hydrogens (primary N) is 1. The summed E-state index contributed by atoms with van der Waals surface area (Å²) < 4.78 is 0. The molecular formula is C8H21NO. The second-order valence-electron chi connectivity index (χ2n) is 1.94. The van der Waals surface area contributed by atoms with Gasteiger partial charge in [-0.3, -0.25) is 0 Å². The summed E-state index contributed by atoms with van der Waals surface area (Å²) in [5.74, 6) is 0. The molecule has 0 aromatic carbocycles. The number of rotatable bonds is 0. The van der Waals surface area contributed by atoms with Crippen molar-refractivity contribution in [3.05, 3.63) is 0 Å². The predicted molar refractivity (Wildman–Crippen MR) is 45.9 cm³/mol. The summed E-state index contributed by atoms with van der Waals surface area (Å²) in [6, 6.07) is 0. The van der Waals surface area contributed by atoms with Crippen LogP contribution < -0.4 is 5.73 Å². The van der Waals surface area contributed by atoms with Crippen molar-refractivity contribution >= 4 is 0 Å². The minimum Gasteiger partial charge on any atom is -0.393 e. The molecule has 10 heavy (non-hydrogen) atoms. The van der Waals surface area contributed by atoms with Crippen molar-refractivity contribution < 1.29 is 5.11 Å². The Morgan fingerprint density at radius 2 is 1.40 bits per heavy atom. The van der Waals surface area contributed by atoms with Gasteiger partial charge in [0.1, 0.15) is 0 Å². The average molecular weight is 147 g/mol. The van der Waals surface area contributed by atoms with E-state index < -0.39 is 0 Å². The van der Waals surface area contributed by atoms with Crippen molar-refractivity contribution in [2.24, 2.45) is 5.73 Å². The van der Waals surface area contributed by atoms with Gasteiger partial charge in [-0.15, -0.1) is 0 Å². The summed E-state index contributed by atoms with van der Waals surface area (Å²) >= 11 is 0. The zero-order valence-electron chi connectivity index (χ0n) is 7.43. The van der Waals surface area contributed by atoms with E-state index in [0.717, 1.165) is 12.8 Å². The highest BCUT2D eigenvalue weighted by Gasteiger charge is 2.09. The summed E-state index contributed by atoms with van der Waals surface area (Å²) in [6.07, 6.45) is 4.60. The largest absolute Gasteiger partial charge is 0.393 e. The minimum atomic E-state index is 0.0463. The molecule has 0 saturated heterocycles. The third-order valence-electron chi connectivity index (χ3n) is 1.32. The molecule has 0 radical (unpaired) electrons. The van der Waals surface area contributed by atoms with Gasteiger partial charge in [-0.05, 0) is 19.9 Å². The molecule has 0 unspecified atom stereocenters. The third-order valence-corrected chi connectivity index (χ3v) is 1.32. The normalized spacial score (nSPS) is 16.5. The Hall–Kier alpha value is -0.0800. The highest BCUT2D eigenvalue weighted by molar-refractivity contribution is 4.63. The van der Waals surface area contributed by atoms with Crippen LogP contribution in [0.2, 0.25) is 0 Å². The Labute approximate surface area is 64.4 Å². The van der Waals surface area contributed by atoms with Gasteiger partial charge >= 0.3 is 0 Å². The highest BCUT2D eigenvalue weighted by atomic mass is 16.3. The van der Waals surface area contributed by atoms with Gasteiger partial charge in [0.15, 0.2) is 0 Å². The first-order chi connectivity index (χ1) is 4.89. The van der Waals surface area contributed by atoms with Gasteiger partial charge in [0.2, 0.25) is 0 Å². The molecule has 0 aromatic heterocycles. The first-order valence-electron chi connectivity index (χ1n) is 4.15. The molecule has 2 heteroatoms. The second-order valence-corrected chi connectivity index (χ2v) is 1.94. The van der Waals surface area contributed by atoms with E-state index in [1.54, 1.807) is 0 Å². The average Bonchev–Trinajstić information content (AvgIpc) is 2.48. The maximum atomic E-state index is 8.73. The Balaban J connectivity index is 0. The lowest BCUT2D eigenvalue weighted by atomic mass is 10.3. The summed E-state index contributed by atoms with van der Waals surface area (Å²) in [5.41, 5.74) is 4.50. The minimum absolute atomic E-state index is 0.0463. The fraction of sp³-hybridized carbons (Fsp3) is 1.00. The maximum absolute atomic E-state index is 8.73. The standard InChI is InChI=1S/C5H10O.C2H6.CH5N/c6-5-3-1-2-4-5;2*1-2/h5-6H,1-4H2;1-2H3;2H2,1H3. The van der Waals surface area contributed by atoms with E-state index in [0.29, 0.717) is 0 Å². The molecule has 1 rings (SSSR count). The van der Waals surface area contributed by atoms with Crippen molar-refractivity contribution in [2.75, 3.05) is 7.05 Å². The van der Waals surface area contributed by atoms with Gasteiger partial charge in [-0.2, -0.15) is 0 Å². The predicted octanol–water partition coefficient (Wildman–Crippen LogP) is 1.52. The first kappa shape index (κ1) is 12.6. The smallest absolute Gasteiger partial charge is 0.0540 e. The lowest BCUT2D eigenvalue weighted by molar-refractivity contribution is 0.183. The third kappa shape index (κ3) is 7.92. The molecule has 0 spiro atoms. The van der Waals surface area contributed by atoms with Crippen LogP contribution in [0.5, 0.6) is 0 Å². The lowest BCUT2D eigenvalue weighted by Gasteiger charge is -1.91. The van der Waals surface area contributed by atoms with E-state index in [1.807, 2.05) is 13.8 Å². The van der Waals surface area contributed by atoms with Gasteiger partial charge in [0, 0.05) is 0 Å². The number of hydrogen-bond donors (Lipinski definition) is 2. The van der Waals surface area contributed by atoms with Crippen LogP contribution in [0.1, 0.15) is 39.5 Å². The van der Waals surface area contributed by atoms with Crippen LogP contribution in [0.3, 0.4) is 0 Å². The maximum Gasteiger partial charge on any atom is 0.0540 e. The van der Waals surface area contributed by atoms with Crippen molar-refractivity contribution in [1.29, 1.82) is 0 Å². The molecule has 0 heterocycles. The molecule has 1 fully saturated rings. The fourth-order valence-corrected chi connectivity index (χ4v) is 0.904. The van der Waals surface area contributed by atoms with Gasteiger partial charge in [-0.25, -0.2) is 0 Å². The molecule has 0 bridgehead atoms. The molecule has 1 aliphatic rings. The van der Waals surface area contributed by atoms with E-state index in [1.165, 1.54) is 19.9 Å². The van der Waals surface area contributed by atoms with Crippen molar-refractivity contribution in [3.63, 3.8) is 0 Å². The van der Waals surface area contributed by atoms with Crippen LogP contribution in [-0.4, -0.2) is 18.3 Å². The molecule has 1 aliphatic carbocycles. The van der Waals surface area contributed by atoms with Gasteiger partial charge in [0.25, 0.3) is 0 Å². The number of aliphatic hydroxyl groups excluding tert-OH is 1. The van der Waals surface area contributed by atoms with Gasteiger partial charge in [-0.1, -0.05) is 26.7 Å². The Morgan fingerprint density at radius 1 is 1.10 bits per heavy atom. The van der Waals surface area contributed by atoms with E-state index in [9.17, 15) is 0 Å². The van der Waals surface area contributed by atoms with Gasteiger partial charge < -0.3 is 10.8 Å². The molecule has 0 aliphatic heterocycles. The van der Waals surface area contributed by atoms with Crippen molar-refractivity contribution in [2.45, 2.75) is 45.6 Å². The fourth-order valence-electron chi connectivity index (χ4n) is 0.904. The number of aliphatic hydroxyl groups is 1. The first-order valence-corrected chi connectivity index (χ1v) is 4.15. The summed E-state index contributed by atoms with van der Waals surface area (Å²) in [6.45, 7) is 4.00. The van der Waals surface area contributed by atoms with Crippen LogP contribution >= 0.6 is 0 Å². The second kappa shape index (κ2) is 11.7. The van der Waals surface area contributed by atoms with E-state index in [2.05, 4.69) is 5.73 Å². The SMILES string of the molecule is CC.CN.OC1CCCC1. The lowest BCUT2D eigenvalue weighted by Crippen LogP contribution is -1.94. The van der Waals surface area contributed by atoms with Crippen molar-refractivity contribution in [3.8, 4) is 0 Å². The monoisotopic (exact) mass is 147 g/mol. The Kier molecular flexibility index (Phi) is 14.7. The molecule has 0 aromatic rings. The quantitative estimate of drug-likeness (QED) is 0.545. The molecule has 2 nitrogen and oxygen atoms in total. The summed E-state index contributed by atoms with van der Waals surface area (Å²) in [7, 11) is 1.50. The Morgan fingerprint density at radius 3 is 1.50 bits per heavy atom. The topological polar surface area (TPSA) is 46.2 Å². The molecule has 0 atom stereocenters. The van der Waals surface area contributed by atoms with Crippen LogP contribution in [0, 0.1) is 0 Å². The van der Waals surface area contributed by atoms with Crippen LogP contribution in [-0.2, 0) is 0 Å². The Bertz CT molecular complexity index is 42.5. The summed E-state index contributed by atoms with van der Waals surface area (Å²) in [5, 5.41) is 8.73. The molecular weight excluding hydrogens is 126 g/mol. The molecule has 1 saturated carbocycles. The van der Waals surface area contributed by atoms with Crippen molar-refractivity contribution in [1.82, 2.24) is 0 Å². The number of hydrogen-bond acceptors (Lipinski definition) is 2. The molecule has 0 amide bonds. The molecule has 3 N–H and O–H groups in total.